The first-order chi connectivity index (χ1) is 16.8. The Balaban J connectivity index is 1.62. The molecule has 5 atom stereocenters. The predicted molar refractivity (Wildman–Crippen MR) is 121 cm³/mol. The summed E-state index contributed by atoms with van der Waals surface area (Å²) < 4.78 is 86.4. The summed E-state index contributed by atoms with van der Waals surface area (Å²) >= 11 is 0. The van der Waals surface area contributed by atoms with Crippen LogP contribution in [0.3, 0.4) is 0 Å². The van der Waals surface area contributed by atoms with E-state index >= 15 is 0 Å². The van der Waals surface area contributed by atoms with Crippen LogP contribution in [-0.2, 0) is 21.9 Å². The van der Waals surface area contributed by atoms with Crippen LogP contribution in [0.1, 0.15) is 66.9 Å². The van der Waals surface area contributed by atoms with Crippen LogP contribution in [-0.4, -0.2) is 36.2 Å². The van der Waals surface area contributed by atoms with E-state index in [2.05, 4.69) is 10.2 Å². The molecule has 1 saturated heterocycles. The van der Waals surface area contributed by atoms with Gasteiger partial charge in [-0.2, -0.15) is 26.3 Å². The van der Waals surface area contributed by atoms with Gasteiger partial charge in [-0.1, -0.05) is 30.3 Å². The van der Waals surface area contributed by atoms with Gasteiger partial charge in [-0.3, -0.25) is 9.69 Å². The number of hydrogen-bond acceptors (Lipinski definition) is 3. The van der Waals surface area contributed by atoms with E-state index in [0.717, 1.165) is 17.7 Å². The van der Waals surface area contributed by atoms with Crippen LogP contribution in [0.2, 0.25) is 0 Å². The van der Waals surface area contributed by atoms with Crippen molar-refractivity contribution in [2.75, 3.05) is 7.05 Å². The molecule has 2 aromatic rings. The molecule has 2 aromatic carbocycles. The lowest BCUT2D eigenvalue weighted by atomic mass is 9.91. The number of nitrogens with one attached hydrogen (secondary N) is 1. The van der Waals surface area contributed by atoms with Gasteiger partial charge < -0.3 is 10.1 Å². The highest BCUT2D eigenvalue weighted by Gasteiger charge is 2.44. The largest absolute Gasteiger partial charge is 0.416 e. The first-order valence-electron chi connectivity index (χ1n) is 11.9. The van der Waals surface area contributed by atoms with Crippen molar-refractivity contribution in [2.24, 2.45) is 0 Å². The van der Waals surface area contributed by atoms with Crippen molar-refractivity contribution in [1.82, 2.24) is 10.2 Å². The Morgan fingerprint density at radius 2 is 1.56 bits per heavy atom. The van der Waals surface area contributed by atoms with Gasteiger partial charge in [-0.05, 0) is 62.6 Å². The van der Waals surface area contributed by atoms with Gasteiger partial charge in [0.1, 0.15) is 0 Å². The average Bonchev–Trinajstić information content (AvgIpc) is 3.44. The van der Waals surface area contributed by atoms with E-state index in [4.69, 9.17) is 4.74 Å². The molecule has 0 spiro atoms. The molecule has 2 aliphatic rings. The number of carbonyl (C=O) groups excluding carboxylic acids is 1. The molecule has 4 nitrogen and oxygen atoms in total. The summed E-state index contributed by atoms with van der Waals surface area (Å²) in [4.78, 5) is 13.9. The number of likely N-dealkylation sites (N-methyl/N-ethyl adjacent to an activating group) is 1. The number of halogens is 6. The summed E-state index contributed by atoms with van der Waals surface area (Å²) in [6.07, 6.45) is -9.03. The lowest BCUT2D eigenvalue weighted by Crippen LogP contribution is -2.48. The van der Waals surface area contributed by atoms with Crippen molar-refractivity contribution >= 4 is 5.91 Å². The summed E-state index contributed by atoms with van der Waals surface area (Å²) in [5.74, 6) is -0.198. The molecule has 0 aromatic heterocycles. The van der Waals surface area contributed by atoms with Crippen molar-refractivity contribution in [3.05, 3.63) is 70.8 Å². The standard InChI is InChI=1S/C26H28F6N2O2/c1-15(17-12-18(25(27,28)29)14-19(13-17)26(30,31)32)36-21-9-8-20(24(21)16-6-4-3-5-7-16)34(2)22-10-11-23(35)33-22/h3-7,12-15,20-22,24H,8-11H2,1-2H3,(H,33,35). The van der Waals surface area contributed by atoms with Gasteiger partial charge in [0.2, 0.25) is 5.91 Å². The van der Waals surface area contributed by atoms with Crippen molar-refractivity contribution in [3.8, 4) is 0 Å². The second-order valence-corrected chi connectivity index (χ2v) is 9.52. The van der Waals surface area contributed by atoms with E-state index in [0.29, 0.717) is 25.7 Å². The minimum absolute atomic E-state index is 0.0208. The first kappa shape index (κ1) is 26.5. The Bertz CT molecular complexity index is 1040. The topological polar surface area (TPSA) is 41.6 Å². The minimum Gasteiger partial charge on any atom is -0.370 e. The summed E-state index contributed by atoms with van der Waals surface area (Å²) in [6, 6.07) is 11.1. The Hall–Kier alpha value is -2.59. The molecule has 2 fully saturated rings. The van der Waals surface area contributed by atoms with Gasteiger partial charge in [0.05, 0.1) is 29.5 Å². The smallest absolute Gasteiger partial charge is 0.370 e. The first-order valence-corrected chi connectivity index (χ1v) is 11.9. The fourth-order valence-electron chi connectivity index (χ4n) is 5.35. The molecular formula is C26H28F6N2O2. The summed E-state index contributed by atoms with van der Waals surface area (Å²) in [6.45, 7) is 1.48. The van der Waals surface area contributed by atoms with Gasteiger partial charge in [0.25, 0.3) is 0 Å². The number of benzene rings is 2. The van der Waals surface area contributed by atoms with Crippen LogP contribution in [0, 0.1) is 0 Å². The molecule has 1 heterocycles. The second-order valence-electron chi connectivity index (χ2n) is 9.52. The molecule has 1 aliphatic heterocycles. The van der Waals surface area contributed by atoms with Crippen LogP contribution < -0.4 is 5.32 Å². The van der Waals surface area contributed by atoms with Gasteiger partial charge >= 0.3 is 12.4 Å². The van der Waals surface area contributed by atoms with Crippen molar-refractivity contribution < 1.29 is 35.9 Å². The number of amides is 1. The quantitative estimate of drug-likeness (QED) is 0.461. The highest BCUT2D eigenvalue weighted by molar-refractivity contribution is 5.78. The number of ether oxygens (including phenoxy) is 1. The van der Waals surface area contributed by atoms with E-state index in [9.17, 15) is 31.1 Å². The van der Waals surface area contributed by atoms with Crippen LogP contribution in [0.15, 0.2) is 48.5 Å². The van der Waals surface area contributed by atoms with E-state index < -0.39 is 35.7 Å². The Kier molecular flexibility index (Phi) is 7.39. The van der Waals surface area contributed by atoms with E-state index in [1.807, 2.05) is 37.4 Å². The number of rotatable bonds is 6. The van der Waals surface area contributed by atoms with Gasteiger partial charge in [0.15, 0.2) is 0 Å². The van der Waals surface area contributed by atoms with Crippen LogP contribution in [0.5, 0.6) is 0 Å². The molecule has 0 bridgehead atoms. The molecule has 1 saturated carbocycles. The fraction of sp³-hybridized carbons (Fsp3) is 0.500. The minimum atomic E-state index is -4.92. The zero-order valence-corrected chi connectivity index (χ0v) is 19.9. The van der Waals surface area contributed by atoms with E-state index in [-0.39, 0.29) is 35.7 Å². The van der Waals surface area contributed by atoms with E-state index in [1.165, 1.54) is 6.92 Å². The Labute approximate surface area is 205 Å². The Morgan fingerprint density at radius 1 is 0.944 bits per heavy atom. The molecule has 0 radical (unpaired) electrons. The molecule has 1 N–H and O–H groups in total. The molecule has 4 rings (SSSR count). The SMILES string of the molecule is CC(OC1CCC(N(C)C2CCC(=O)N2)C1c1ccccc1)c1cc(C(F)(F)F)cc(C(F)(F)F)c1. The number of hydrogen-bond donors (Lipinski definition) is 1. The third-order valence-electron chi connectivity index (χ3n) is 7.19. The van der Waals surface area contributed by atoms with Crippen molar-refractivity contribution in [2.45, 2.75) is 75.3 Å². The highest BCUT2D eigenvalue weighted by Crippen LogP contribution is 2.44. The Morgan fingerprint density at radius 3 is 2.08 bits per heavy atom. The van der Waals surface area contributed by atoms with Crippen molar-refractivity contribution in [3.63, 3.8) is 0 Å². The zero-order valence-electron chi connectivity index (χ0n) is 19.9. The molecule has 5 unspecified atom stereocenters. The zero-order chi connectivity index (χ0) is 26.3. The van der Waals surface area contributed by atoms with Gasteiger partial charge in [0, 0.05) is 18.4 Å². The van der Waals surface area contributed by atoms with Crippen molar-refractivity contribution in [1.29, 1.82) is 0 Å². The summed E-state index contributed by atoms with van der Waals surface area (Å²) in [7, 11) is 1.92. The molecular weight excluding hydrogens is 486 g/mol. The van der Waals surface area contributed by atoms with Crippen LogP contribution in [0.4, 0.5) is 26.3 Å². The molecule has 1 amide bonds. The van der Waals surface area contributed by atoms with E-state index in [1.54, 1.807) is 0 Å². The molecule has 196 valence electrons. The van der Waals surface area contributed by atoms with Gasteiger partial charge in [-0.25, -0.2) is 0 Å². The third kappa shape index (κ3) is 5.70. The normalized spacial score (nSPS) is 25.9. The average molecular weight is 515 g/mol. The highest BCUT2D eigenvalue weighted by atomic mass is 19.4. The van der Waals surface area contributed by atoms with Crippen LogP contribution in [0.25, 0.3) is 0 Å². The molecule has 1 aliphatic carbocycles. The second kappa shape index (κ2) is 10.0. The lowest BCUT2D eigenvalue weighted by molar-refractivity contribution is -0.143. The number of nitrogens with zero attached hydrogens (tertiary/aromatic N) is 1. The molecule has 10 heteroatoms. The summed E-state index contributed by atoms with van der Waals surface area (Å²) in [5, 5.41) is 2.96. The fourth-order valence-corrected chi connectivity index (χ4v) is 5.35. The number of alkyl halides is 6. The lowest BCUT2D eigenvalue weighted by Gasteiger charge is -2.36. The monoisotopic (exact) mass is 514 g/mol. The maximum Gasteiger partial charge on any atom is 0.416 e. The van der Waals surface area contributed by atoms with Gasteiger partial charge in [-0.15, -0.1) is 0 Å². The predicted octanol–water partition coefficient (Wildman–Crippen LogP) is 6.28. The maximum absolute atomic E-state index is 13.4. The summed E-state index contributed by atoms with van der Waals surface area (Å²) in [5.41, 5.74) is -1.93. The third-order valence-corrected chi connectivity index (χ3v) is 7.19. The maximum atomic E-state index is 13.4. The number of carbonyl (C=O) groups is 1. The van der Waals surface area contributed by atoms with Crippen LogP contribution >= 0.6 is 0 Å². The molecule has 36 heavy (non-hydrogen) atoms.